The van der Waals surface area contributed by atoms with Crippen molar-refractivity contribution in [3.63, 3.8) is 0 Å². The minimum absolute atomic E-state index is 0.0689. The van der Waals surface area contributed by atoms with Crippen molar-refractivity contribution in [3.8, 4) is 0 Å². The van der Waals surface area contributed by atoms with Crippen LogP contribution in [-0.4, -0.2) is 36.4 Å². The van der Waals surface area contributed by atoms with Gasteiger partial charge in [-0.25, -0.2) is 9.59 Å². The molecule has 0 aromatic rings. The average Bonchev–Trinajstić information content (AvgIpc) is 2.24. The molecule has 0 aliphatic carbocycles. The standard InChI is InChI=1S/C12H25N3O4/c1-11(2,3)19-10(17)12(15,9(16)18-4)7-5-6-8(13)14/h8H,5-7,13-15H2,1-4H3. The Hall–Kier alpha value is -1.18. The Bertz CT molecular complexity index is 325. The molecule has 0 spiro atoms. The van der Waals surface area contributed by atoms with Crippen LogP contribution >= 0.6 is 0 Å². The van der Waals surface area contributed by atoms with Crippen LogP contribution in [0.5, 0.6) is 0 Å². The van der Waals surface area contributed by atoms with Crippen LogP contribution in [0.2, 0.25) is 0 Å². The number of rotatable bonds is 6. The van der Waals surface area contributed by atoms with Crippen molar-refractivity contribution >= 4 is 11.9 Å². The normalized spacial score (nSPS) is 14.9. The SMILES string of the molecule is COC(=O)C(N)(CCCC(N)N)C(=O)OC(C)(C)C. The number of nitrogens with two attached hydrogens (primary N) is 3. The van der Waals surface area contributed by atoms with E-state index >= 15 is 0 Å². The topological polar surface area (TPSA) is 131 Å². The third kappa shape index (κ3) is 6.00. The second-order valence-electron chi connectivity index (χ2n) is 5.52. The molecule has 1 unspecified atom stereocenters. The number of hydrogen-bond donors (Lipinski definition) is 3. The number of hydrogen-bond acceptors (Lipinski definition) is 7. The fourth-order valence-corrected chi connectivity index (χ4v) is 1.46. The third-order valence-electron chi connectivity index (χ3n) is 2.42. The van der Waals surface area contributed by atoms with Gasteiger partial charge in [-0.1, -0.05) is 0 Å². The fourth-order valence-electron chi connectivity index (χ4n) is 1.46. The van der Waals surface area contributed by atoms with Crippen LogP contribution in [0.4, 0.5) is 0 Å². The zero-order chi connectivity index (χ0) is 15.3. The van der Waals surface area contributed by atoms with Crippen LogP contribution in [0.1, 0.15) is 40.0 Å². The molecule has 0 saturated carbocycles. The molecule has 19 heavy (non-hydrogen) atoms. The zero-order valence-corrected chi connectivity index (χ0v) is 12.1. The molecular formula is C12H25N3O4. The predicted molar refractivity (Wildman–Crippen MR) is 70.8 cm³/mol. The largest absolute Gasteiger partial charge is 0.467 e. The molecule has 0 bridgehead atoms. The molecule has 112 valence electrons. The van der Waals surface area contributed by atoms with E-state index in [0.29, 0.717) is 12.8 Å². The number of ether oxygens (including phenoxy) is 2. The molecule has 0 rings (SSSR count). The van der Waals surface area contributed by atoms with Gasteiger partial charge in [0.25, 0.3) is 0 Å². The highest BCUT2D eigenvalue weighted by molar-refractivity contribution is 6.04. The van der Waals surface area contributed by atoms with E-state index in [4.69, 9.17) is 21.9 Å². The molecule has 0 radical (unpaired) electrons. The van der Waals surface area contributed by atoms with Gasteiger partial charge in [-0.3, -0.25) is 0 Å². The van der Waals surface area contributed by atoms with Crippen molar-refractivity contribution < 1.29 is 19.1 Å². The highest BCUT2D eigenvalue weighted by Gasteiger charge is 2.45. The van der Waals surface area contributed by atoms with E-state index in [0.717, 1.165) is 0 Å². The van der Waals surface area contributed by atoms with Crippen molar-refractivity contribution in [1.29, 1.82) is 0 Å². The van der Waals surface area contributed by atoms with E-state index in [1.165, 1.54) is 7.11 Å². The summed E-state index contributed by atoms with van der Waals surface area (Å²) in [5, 5.41) is 0. The number of esters is 2. The maximum absolute atomic E-state index is 12.0. The molecule has 0 amide bonds. The molecule has 0 heterocycles. The fraction of sp³-hybridized carbons (Fsp3) is 0.833. The minimum Gasteiger partial charge on any atom is -0.467 e. The molecule has 0 aromatic carbocycles. The van der Waals surface area contributed by atoms with Crippen molar-refractivity contribution in [2.45, 2.75) is 57.3 Å². The van der Waals surface area contributed by atoms with Gasteiger partial charge in [-0.15, -0.1) is 0 Å². The molecule has 6 N–H and O–H groups in total. The van der Waals surface area contributed by atoms with Crippen molar-refractivity contribution in [2.75, 3.05) is 7.11 Å². The van der Waals surface area contributed by atoms with E-state index in [1.54, 1.807) is 20.8 Å². The van der Waals surface area contributed by atoms with Gasteiger partial charge in [0.15, 0.2) is 0 Å². The second-order valence-corrected chi connectivity index (χ2v) is 5.52. The molecule has 7 heteroatoms. The zero-order valence-electron chi connectivity index (χ0n) is 12.1. The maximum atomic E-state index is 12.0. The van der Waals surface area contributed by atoms with E-state index < -0.39 is 29.2 Å². The van der Waals surface area contributed by atoms with Crippen LogP contribution < -0.4 is 17.2 Å². The molecule has 0 aliphatic heterocycles. The lowest BCUT2D eigenvalue weighted by atomic mass is 9.93. The summed E-state index contributed by atoms with van der Waals surface area (Å²) in [5.74, 6) is -1.63. The molecule has 0 aromatic heterocycles. The number of carbonyl (C=O) groups is 2. The summed E-state index contributed by atoms with van der Waals surface area (Å²) in [6.45, 7) is 5.08. The first-order chi connectivity index (χ1) is 8.53. The summed E-state index contributed by atoms with van der Waals surface area (Å²) in [6.07, 6.45) is 0.418. The van der Waals surface area contributed by atoms with Gasteiger partial charge in [0.1, 0.15) is 5.60 Å². The minimum atomic E-state index is -1.82. The van der Waals surface area contributed by atoms with E-state index in [9.17, 15) is 9.59 Å². The summed E-state index contributed by atoms with van der Waals surface area (Å²) in [4.78, 5) is 23.8. The molecule has 1 atom stereocenters. The Morgan fingerprint density at radius 3 is 2.05 bits per heavy atom. The Labute approximate surface area is 113 Å². The molecule has 0 fully saturated rings. The van der Waals surface area contributed by atoms with Crippen LogP contribution in [0.3, 0.4) is 0 Å². The quantitative estimate of drug-likeness (QED) is 0.342. The van der Waals surface area contributed by atoms with Crippen molar-refractivity contribution in [3.05, 3.63) is 0 Å². The summed E-state index contributed by atoms with van der Waals surface area (Å²) in [7, 11) is 1.17. The molecule has 0 saturated heterocycles. The number of methoxy groups -OCH3 is 1. The van der Waals surface area contributed by atoms with Crippen molar-refractivity contribution in [1.82, 2.24) is 0 Å². The maximum Gasteiger partial charge on any atom is 0.338 e. The Morgan fingerprint density at radius 2 is 1.68 bits per heavy atom. The number of carbonyl (C=O) groups excluding carboxylic acids is 2. The molecule has 0 aliphatic rings. The average molecular weight is 275 g/mol. The van der Waals surface area contributed by atoms with Crippen molar-refractivity contribution in [2.24, 2.45) is 17.2 Å². The van der Waals surface area contributed by atoms with Gasteiger partial charge in [-0.2, -0.15) is 0 Å². The van der Waals surface area contributed by atoms with Crippen LogP contribution in [0.25, 0.3) is 0 Å². The first-order valence-electron chi connectivity index (χ1n) is 6.15. The lowest BCUT2D eigenvalue weighted by Crippen LogP contribution is -2.57. The Balaban J connectivity index is 4.87. The van der Waals surface area contributed by atoms with Gasteiger partial charge in [0, 0.05) is 0 Å². The Morgan fingerprint density at radius 1 is 1.16 bits per heavy atom. The smallest absolute Gasteiger partial charge is 0.338 e. The summed E-state index contributed by atoms with van der Waals surface area (Å²) >= 11 is 0. The summed E-state index contributed by atoms with van der Waals surface area (Å²) in [5.41, 5.74) is 14.1. The van der Waals surface area contributed by atoms with Gasteiger partial charge in [0.05, 0.1) is 13.3 Å². The lowest BCUT2D eigenvalue weighted by molar-refractivity contribution is -0.170. The second kappa shape index (κ2) is 6.83. The highest BCUT2D eigenvalue weighted by atomic mass is 16.6. The van der Waals surface area contributed by atoms with Crippen LogP contribution in [0, 0.1) is 0 Å². The first kappa shape index (κ1) is 17.8. The van der Waals surface area contributed by atoms with Gasteiger partial charge in [0.2, 0.25) is 5.54 Å². The van der Waals surface area contributed by atoms with Gasteiger partial charge >= 0.3 is 11.9 Å². The molecule has 7 nitrogen and oxygen atoms in total. The van der Waals surface area contributed by atoms with Crippen LogP contribution in [0.15, 0.2) is 0 Å². The summed E-state index contributed by atoms with van der Waals surface area (Å²) < 4.78 is 9.74. The molecular weight excluding hydrogens is 250 g/mol. The Kier molecular flexibility index (Phi) is 6.41. The van der Waals surface area contributed by atoms with E-state index in [2.05, 4.69) is 4.74 Å². The monoisotopic (exact) mass is 275 g/mol. The summed E-state index contributed by atoms with van der Waals surface area (Å²) in [6, 6.07) is 0. The van der Waals surface area contributed by atoms with Gasteiger partial charge in [-0.05, 0) is 40.0 Å². The first-order valence-corrected chi connectivity index (χ1v) is 6.15. The third-order valence-corrected chi connectivity index (χ3v) is 2.42. The lowest BCUT2D eigenvalue weighted by Gasteiger charge is -2.29. The van der Waals surface area contributed by atoms with Gasteiger partial charge < -0.3 is 26.7 Å². The highest BCUT2D eigenvalue weighted by Crippen LogP contribution is 2.19. The van der Waals surface area contributed by atoms with E-state index in [1.807, 2.05) is 0 Å². The van der Waals surface area contributed by atoms with E-state index in [-0.39, 0.29) is 6.42 Å². The predicted octanol–water partition coefficient (Wildman–Crippen LogP) is -0.388. The van der Waals surface area contributed by atoms with Crippen LogP contribution in [-0.2, 0) is 19.1 Å².